The molecular formula is C7H3Cl2F3O3S. The highest BCUT2D eigenvalue weighted by Gasteiger charge is 2.48. The summed E-state index contributed by atoms with van der Waals surface area (Å²) in [4.78, 5) is 0. The van der Waals surface area contributed by atoms with Crippen molar-refractivity contribution in [2.45, 2.75) is 5.51 Å². The molecule has 0 unspecified atom stereocenters. The van der Waals surface area contributed by atoms with E-state index in [1.54, 1.807) is 0 Å². The zero-order valence-electron chi connectivity index (χ0n) is 7.25. The molecule has 1 aromatic carbocycles. The maximum Gasteiger partial charge on any atom is 0.534 e. The number of alkyl halides is 3. The second-order valence-corrected chi connectivity index (χ2v) is 4.94. The minimum atomic E-state index is -5.73. The van der Waals surface area contributed by atoms with Gasteiger partial charge in [0.05, 0.1) is 5.02 Å². The van der Waals surface area contributed by atoms with E-state index in [-0.39, 0.29) is 10.0 Å². The van der Waals surface area contributed by atoms with E-state index < -0.39 is 21.4 Å². The number of benzene rings is 1. The lowest BCUT2D eigenvalue weighted by Gasteiger charge is -2.10. The predicted molar refractivity (Wildman–Crippen MR) is 52.1 cm³/mol. The van der Waals surface area contributed by atoms with Crippen LogP contribution in [-0.2, 0) is 10.1 Å². The molecule has 1 rings (SSSR count). The summed E-state index contributed by atoms with van der Waals surface area (Å²) in [7, 11) is -5.73. The Hall–Kier alpha value is -0.660. The molecule has 0 spiro atoms. The molecule has 0 aromatic heterocycles. The average Bonchev–Trinajstić information content (AvgIpc) is 2.09. The molecule has 0 fully saturated rings. The molecule has 0 saturated heterocycles. The van der Waals surface area contributed by atoms with Crippen LogP contribution in [0.1, 0.15) is 0 Å². The Bertz CT molecular complexity index is 498. The second kappa shape index (κ2) is 4.31. The zero-order valence-corrected chi connectivity index (χ0v) is 9.58. The minimum absolute atomic E-state index is 0.00299. The number of hydrogen-bond donors (Lipinski definition) is 0. The van der Waals surface area contributed by atoms with Crippen LogP contribution < -0.4 is 4.18 Å². The molecule has 3 nitrogen and oxygen atoms in total. The smallest absolute Gasteiger partial charge is 0.374 e. The van der Waals surface area contributed by atoms with Gasteiger partial charge in [-0.15, -0.1) is 0 Å². The predicted octanol–water partition coefficient (Wildman–Crippen LogP) is 3.22. The normalized spacial score (nSPS) is 12.6. The largest absolute Gasteiger partial charge is 0.534 e. The van der Waals surface area contributed by atoms with Crippen molar-refractivity contribution >= 4 is 33.3 Å². The fourth-order valence-corrected chi connectivity index (χ4v) is 1.54. The first-order valence-corrected chi connectivity index (χ1v) is 5.76. The van der Waals surface area contributed by atoms with Crippen LogP contribution in [0.3, 0.4) is 0 Å². The number of halogens is 5. The fraction of sp³-hybridized carbons (Fsp3) is 0.143. The van der Waals surface area contributed by atoms with Crippen molar-refractivity contribution in [2.75, 3.05) is 0 Å². The summed E-state index contributed by atoms with van der Waals surface area (Å²) in [5.74, 6) is -0.675. The van der Waals surface area contributed by atoms with E-state index in [1.807, 2.05) is 0 Å². The minimum Gasteiger partial charge on any atom is -0.374 e. The molecule has 0 aliphatic heterocycles. The van der Waals surface area contributed by atoms with Crippen LogP contribution in [0.2, 0.25) is 10.0 Å². The molecule has 0 N–H and O–H groups in total. The van der Waals surface area contributed by atoms with Gasteiger partial charge in [-0.2, -0.15) is 21.6 Å². The van der Waals surface area contributed by atoms with Gasteiger partial charge in [0.1, 0.15) is 0 Å². The topological polar surface area (TPSA) is 43.4 Å². The van der Waals surface area contributed by atoms with E-state index in [4.69, 9.17) is 23.2 Å². The van der Waals surface area contributed by atoms with Crippen LogP contribution in [0, 0.1) is 0 Å². The Morgan fingerprint density at radius 3 is 2.25 bits per heavy atom. The van der Waals surface area contributed by atoms with E-state index >= 15 is 0 Å². The van der Waals surface area contributed by atoms with Crippen molar-refractivity contribution in [3.05, 3.63) is 28.2 Å². The average molecular weight is 295 g/mol. The van der Waals surface area contributed by atoms with Crippen molar-refractivity contribution in [3.8, 4) is 5.75 Å². The third kappa shape index (κ3) is 2.93. The van der Waals surface area contributed by atoms with Crippen molar-refractivity contribution in [2.24, 2.45) is 0 Å². The maximum absolute atomic E-state index is 12.0. The molecule has 0 saturated carbocycles. The molecule has 0 atom stereocenters. The van der Waals surface area contributed by atoms with Crippen molar-refractivity contribution in [1.82, 2.24) is 0 Å². The van der Waals surface area contributed by atoms with E-state index in [0.29, 0.717) is 0 Å². The van der Waals surface area contributed by atoms with E-state index in [1.165, 1.54) is 6.07 Å². The first-order chi connectivity index (χ1) is 7.13. The van der Waals surface area contributed by atoms with E-state index in [9.17, 15) is 21.6 Å². The highest BCUT2D eigenvalue weighted by Crippen LogP contribution is 2.32. The van der Waals surface area contributed by atoms with Gasteiger partial charge in [-0.25, -0.2) is 0 Å². The van der Waals surface area contributed by atoms with Crippen LogP contribution in [0.5, 0.6) is 5.75 Å². The highest BCUT2D eigenvalue weighted by molar-refractivity contribution is 7.88. The quantitative estimate of drug-likeness (QED) is 0.621. The molecule has 0 aliphatic carbocycles. The van der Waals surface area contributed by atoms with Crippen LogP contribution in [0.15, 0.2) is 18.2 Å². The van der Waals surface area contributed by atoms with E-state index in [2.05, 4.69) is 4.18 Å². The van der Waals surface area contributed by atoms with Gasteiger partial charge >= 0.3 is 15.6 Å². The molecule has 16 heavy (non-hydrogen) atoms. The first-order valence-electron chi connectivity index (χ1n) is 3.59. The summed E-state index contributed by atoms with van der Waals surface area (Å²) in [5, 5.41) is -0.297. The van der Waals surface area contributed by atoms with Crippen molar-refractivity contribution < 1.29 is 25.8 Å². The van der Waals surface area contributed by atoms with Gasteiger partial charge in [0.15, 0.2) is 5.75 Å². The molecule has 0 heterocycles. The van der Waals surface area contributed by atoms with Crippen LogP contribution in [0.4, 0.5) is 13.2 Å². The lowest BCUT2D eigenvalue weighted by Crippen LogP contribution is -2.28. The Morgan fingerprint density at radius 2 is 1.75 bits per heavy atom. The Morgan fingerprint density at radius 1 is 1.19 bits per heavy atom. The lowest BCUT2D eigenvalue weighted by atomic mass is 10.3. The van der Waals surface area contributed by atoms with Gasteiger partial charge in [-0.1, -0.05) is 23.2 Å². The molecule has 0 bridgehead atoms. The van der Waals surface area contributed by atoms with Crippen molar-refractivity contribution in [1.29, 1.82) is 0 Å². The van der Waals surface area contributed by atoms with Gasteiger partial charge in [0.25, 0.3) is 0 Å². The monoisotopic (exact) mass is 294 g/mol. The van der Waals surface area contributed by atoms with Crippen LogP contribution in [-0.4, -0.2) is 13.9 Å². The van der Waals surface area contributed by atoms with Gasteiger partial charge in [0.2, 0.25) is 0 Å². The molecule has 0 aliphatic rings. The standard InChI is InChI=1S/C7H3Cl2F3O3S/c8-4-1-2-5(9)6(3-4)15-16(13,14)7(10,11)12/h1-3H. The lowest BCUT2D eigenvalue weighted by molar-refractivity contribution is -0.0500. The zero-order chi connectivity index (χ0) is 12.6. The molecule has 1 aromatic rings. The molecule has 90 valence electrons. The van der Waals surface area contributed by atoms with Gasteiger partial charge in [-0.3, -0.25) is 0 Å². The Labute approximate surface area is 98.8 Å². The fourth-order valence-electron chi connectivity index (χ4n) is 0.706. The third-order valence-electron chi connectivity index (χ3n) is 1.38. The first kappa shape index (κ1) is 13.4. The summed E-state index contributed by atoms with van der Waals surface area (Å²) in [6.07, 6.45) is 0. The third-order valence-corrected chi connectivity index (χ3v) is 2.89. The van der Waals surface area contributed by atoms with Gasteiger partial charge in [-0.05, 0) is 12.1 Å². The van der Waals surface area contributed by atoms with Crippen LogP contribution in [0.25, 0.3) is 0 Å². The van der Waals surface area contributed by atoms with Crippen LogP contribution >= 0.6 is 23.2 Å². The van der Waals surface area contributed by atoms with Gasteiger partial charge < -0.3 is 4.18 Å². The van der Waals surface area contributed by atoms with E-state index in [0.717, 1.165) is 12.1 Å². The van der Waals surface area contributed by atoms with Crippen molar-refractivity contribution in [3.63, 3.8) is 0 Å². The molecule has 9 heteroatoms. The second-order valence-electron chi connectivity index (χ2n) is 2.56. The summed E-state index contributed by atoms with van der Waals surface area (Å²) in [5.41, 5.74) is -5.52. The molecular weight excluding hydrogens is 292 g/mol. The SMILES string of the molecule is O=S(=O)(Oc1cc(Cl)ccc1Cl)C(F)(F)F. The summed E-state index contributed by atoms with van der Waals surface area (Å²) >= 11 is 10.9. The highest BCUT2D eigenvalue weighted by atomic mass is 35.5. The number of hydrogen-bond acceptors (Lipinski definition) is 3. The Balaban J connectivity index is 3.11. The maximum atomic E-state index is 12.0. The summed E-state index contributed by atoms with van der Waals surface area (Å²) in [6.45, 7) is 0. The summed E-state index contributed by atoms with van der Waals surface area (Å²) in [6, 6.07) is 3.26. The Kier molecular flexibility index (Phi) is 3.61. The number of rotatable bonds is 2. The van der Waals surface area contributed by atoms with Gasteiger partial charge in [0, 0.05) is 11.1 Å². The molecule has 0 radical (unpaired) electrons. The molecule has 0 amide bonds. The summed E-state index contributed by atoms with van der Waals surface area (Å²) < 4.78 is 61.0.